The van der Waals surface area contributed by atoms with Crippen molar-refractivity contribution in [2.24, 2.45) is 11.8 Å². The molecule has 4 rings (SSSR count). The quantitative estimate of drug-likeness (QED) is 0.206. The number of esters is 1. The van der Waals surface area contributed by atoms with Crippen molar-refractivity contribution in [1.82, 2.24) is 0 Å². The lowest BCUT2D eigenvalue weighted by molar-refractivity contribution is -0.346. The van der Waals surface area contributed by atoms with Gasteiger partial charge in [0.05, 0.1) is 23.4 Å². The van der Waals surface area contributed by atoms with Crippen LogP contribution in [0.1, 0.15) is 25.3 Å². The third-order valence-electron chi connectivity index (χ3n) is 7.01. The van der Waals surface area contributed by atoms with E-state index in [-0.39, 0.29) is 11.3 Å². The van der Waals surface area contributed by atoms with Gasteiger partial charge in [-0.15, -0.1) is 0 Å². The highest BCUT2D eigenvalue weighted by molar-refractivity contribution is 5.87. The first-order chi connectivity index (χ1) is 17.5. The Morgan fingerprint density at radius 2 is 1.81 bits per heavy atom. The third kappa shape index (κ3) is 5.79. The maximum absolute atomic E-state index is 12.1. The predicted octanol–water partition coefficient (Wildman–Crippen LogP) is -0.125. The van der Waals surface area contributed by atoms with Gasteiger partial charge in [-0.1, -0.05) is 12.1 Å². The van der Waals surface area contributed by atoms with E-state index in [4.69, 9.17) is 18.9 Å². The second-order valence-electron chi connectivity index (χ2n) is 9.62. The molecule has 1 saturated carbocycles. The van der Waals surface area contributed by atoms with Crippen molar-refractivity contribution >= 4 is 18.0 Å². The van der Waals surface area contributed by atoms with Crippen molar-refractivity contribution in [3.8, 4) is 5.75 Å². The molecule has 0 spiro atoms. The Morgan fingerprint density at radius 1 is 1.11 bits per heavy atom. The van der Waals surface area contributed by atoms with Crippen LogP contribution in [0.15, 0.2) is 42.2 Å². The second kappa shape index (κ2) is 10.8. The summed E-state index contributed by atoms with van der Waals surface area (Å²) in [5.74, 6) is -3.25. The lowest BCUT2D eigenvalue weighted by Crippen LogP contribution is -2.61. The van der Waals surface area contributed by atoms with E-state index < -0.39 is 73.0 Å². The van der Waals surface area contributed by atoms with Gasteiger partial charge in [0, 0.05) is 12.0 Å². The molecule has 2 fully saturated rings. The number of aliphatic carboxylic acids is 1. The normalized spacial score (nSPS) is 37.5. The minimum Gasteiger partial charge on any atom is -0.508 e. The molecule has 3 aliphatic rings. The maximum atomic E-state index is 12.1. The number of phenols is 1. The van der Waals surface area contributed by atoms with Crippen LogP contribution in [0.3, 0.4) is 0 Å². The number of rotatable bonds is 7. The molecule has 12 heteroatoms. The van der Waals surface area contributed by atoms with Gasteiger partial charge in [-0.2, -0.15) is 0 Å². The van der Waals surface area contributed by atoms with Gasteiger partial charge >= 0.3 is 11.9 Å². The Morgan fingerprint density at radius 3 is 2.49 bits per heavy atom. The minimum absolute atomic E-state index is 0.00617. The standard InChI is InChI=1S/C25H30O12/c1-25(33)9-8-14-15(22(31)32)10-35-23(18(14)25)37-24-21(30)20(29)19(28)16(36-24)11-34-17(27)7-4-12-2-5-13(26)6-3-12/h2-7,10,14,16,18-21,23-24,26,28-30,33H,8-9,11H2,1H3,(H,31,32)/b7-4+/t14-,16-,18-,19-,20+,21-,23+,24+,25+/m1/s1. The first-order valence-electron chi connectivity index (χ1n) is 11.8. The Balaban J connectivity index is 1.41. The summed E-state index contributed by atoms with van der Waals surface area (Å²) < 4.78 is 21.9. The lowest BCUT2D eigenvalue weighted by Gasteiger charge is -2.44. The van der Waals surface area contributed by atoms with Gasteiger partial charge in [0.15, 0.2) is 6.29 Å². The highest BCUT2D eigenvalue weighted by Crippen LogP contribution is 2.49. The van der Waals surface area contributed by atoms with Gasteiger partial charge in [-0.3, -0.25) is 0 Å². The van der Waals surface area contributed by atoms with Crippen LogP contribution in [0.2, 0.25) is 0 Å². The molecule has 0 radical (unpaired) electrons. The number of carboxylic acids is 1. The predicted molar refractivity (Wildman–Crippen MR) is 123 cm³/mol. The number of aromatic hydroxyl groups is 1. The largest absolute Gasteiger partial charge is 0.508 e. The monoisotopic (exact) mass is 522 g/mol. The van der Waals surface area contributed by atoms with E-state index in [1.807, 2.05) is 0 Å². The van der Waals surface area contributed by atoms with Crippen molar-refractivity contribution in [3.63, 3.8) is 0 Å². The third-order valence-corrected chi connectivity index (χ3v) is 7.01. The van der Waals surface area contributed by atoms with E-state index in [0.29, 0.717) is 18.4 Å². The van der Waals surface area contributed by atoms with Gasteiger partial charge in [0.1, 0.15) is 36.8 Å². The fourth-order valence-electron chi connectivity index (χ4n) is 4.96. The molecule has 37 heavy (non-hydrogen) atoms. The van der Waals surface area contributed by atoms with E-state index in [1.165, 1.54) is 25.1 Å². The van der Waals surface area contributed by atoms with Gasteiger partial charge < -0.3 is 49.6 Å². The minimum atomic E-state index is -1.72. The maximum Gasteiger partial charge on any atom is 0.334 e. The molecular weight excluding hydrogens is 492 g/mol. The molecule has 0 unspecified atom stereocenters. The van der Waals surface area contributed by atoms with E-state index in [2.05, 4.69) is 0 Å². The Bertz CT molecular complexity index is 1050. The molecule has 202 valence electrons. The fraction of sp³-hybridized carbons (Fsp3) is 0.520. The SMILES string of the molecule is C[C@]1(O)CC[C@@H]2C(C(=O)O)=CO[C@@H](O[C@@H]3O[C@H](COC(=O)/C=C/c4ccc(O)cc4)[C@@H](O)[C@H](O)[C@H]3O)[C@@H]21. The summed E-state index contributed by atoms with van der Waals surface area (Å²) in [7, 11) is 0. The molecule has 12 nitrogen and oxygen atoms in total. The number of phenolic OH excluding ortho intramolecular Hbond substituents is 1. The lowest BCUT2D eigenvalue weighted by atomic mass is 9.81. The van der Waals surface area contributed by atoms with Crippen LogP contribution in [0.5, 0.6) is 5.75 Å². The number of fused-ring (bicyclic) bond motifs is 1. The Hall–Kier alpha value is -3.00. The average Bonchev–Trinajstić information content (AvgIpc) is 3.18. The van der Waals surface area contributed by atoms with Crippen molar-refractivity contribution in [2.45, 2.75) is 62.4 Å². The summed E-state index contributed by atoms with van der Waals surface area (Å²) in [6, 6.07) is 6.07. The van der Waals surface area contributed by atoms with E-state index in [1.54, 1.807) is 12.1 Å². The summed E-state index contributed by atoms with van der Waals surface area (Å²) in [5.41, 5.74) is -0.710. The van der Waals surface area contributed by atoms with Crippen LogP contribution in [-0.4, -0.2) is 91.8 Å². The highest BCUT2D eigenvalue weighted by atomic mass is 16.8. The highest BCUT2D eigenvalue weighted by Gasteiger charge is 2.56. The zero-order chi connectivity index (χ0) is 26.9. The van der Waals surface area contributed by atoms with E-state index in [0.717, 1.165) is 12.3 Å². The molecule has 2 aliphatic heterocycles. The summed E-state index contributed by atoms with van der Waals surface area (Å²) >= 11 is 0. The van der Waals surface area contributed by atoms with E-state index >= 15 is 0 Å². The van der Waals surface area contributed by atoms with Gasteiger partial charge in [0.2, 0.25) is 6.29 Å². The number of ether oxygens (including phenoxy) is 4. The molecule has 1 saturated heterocycles. The molecule has 0 aromatic heterocycles. The van der Waals surface area contributed by atoms with Crippen molar-refractivity contribution in [3.05, 3.63) is 47.7 Å². The smallest absolute Gasteiger partial charge is 0.334 e. The fourth-order valence-corrected chi connectivity index (χ4v) is 4.96. The molecule has 1 aromatic carbocycles. The van der Waals surface area contributed by atoms with Crippen LogP contribution in [0.4, 0.5) is 0 Å². The number of carboxylic acid groups (broad SMARTS) is 1. The van der Waals surface area contributed by atoms with Crippen molar-refractivity contribution < 1.29 is 59.2 Å². The molecule has 0 amide bonds. The summed E-state index contributed by atoms with van der Waals surface area (Å²) in [5, 5.41) is 60.8. The molecule has 2 heterocycles. The molecule has 6 N–H and O–H groups in total. The van der Waals surface area contributed by atoms with Gasteiger partial charge in [0.25, 0.3) is 0 Å². The first kappa shape index (κ1) is 27.0. The topological polar surface area (TPSA) is 192 Å². The molecule has 1 aromatic rings. The van der Waals surface area contributed by atoms with Gasteiger partial charge in [-0.25, -0.2) is 9.59 Å². The van der Waals surface area contributed by atoms with Crippen LogP contribution in [0, 0.1) is 11.8 Å². The van der Waals surface area contributed by atoms with Crippen LogP contribution in [-0.2, 0) is 28.5 Å². The number of carbonyl (C=O) groups excluding carboxylic acids is 1. The Kier molecular flexibility index (Phi) is 7.88. The Labute approximate surface area is 212 Å². The van der Waals surface area contributed by atoms with Crippen molar-refractivity contribution in [2.75, 3.05) is 6.61 Å². The first-order valence-corrected chi connectivity index (χ1v) is 11.8. The molecule has 1 aliphatic carbocycles. The second-order valence-corrected chi connectivity index (χ2v) is 9.62. The number of aliphatic hydroxyl groups is 4. The number of hydrogen-bond acceptors (Lipinski definition) is 11. The number of carbonyl (C=O) groups is 2. The van der Waals surface area contributed by atoms with Crippen molar-refractivity contribution in [1.29, 1.82) is 0 Å². The van der Waals surface area contributed by atoms with Gasteiger partial charge in [-0.05, 0) is 43.5 Å². The number of aliphatic hydroxyl groups excluding tert-OH is 3. The summed E-state index contributed by atoms with van der Waals surface area (Å²) in [4.78, 5) is 23.7. The van der Waals surface area contributed by atoms with E-state index in [9.17, 15) is 40.2 Å². The molecule has 0 bridgehead atoms. The average molecular weight is 523 g/mol. The van der Waals surface area contributed by atoms with Crippen LogP contribution < -0.4 is 0 Å². The number of benzene rings is 1. The molecule has 9 atom stereocenters. The molecular formula is C25H30O12. The summed E-state index contributed by atoms with van der Waals surface area (Å²) in [6.07, 6.45) is -4.79. The van der Waals surface area contributed by atoms with Crippen LogP contribution in [0.25, 0.3) is 6.08 Å². The zero-order valence-corrected chi connectivity index (χ0v) is 19.9. The zero-order valence-electron chi connectivity index (χ0n) is 19.9. The van der Waals surface area contributed by atoms with Crippen LogP contribution >= 0.6 is 0 Å². The number of hydrogen-bond donors (Lipinski definition) is 6. The summed E-state index contributed by atoms with van der Waals surface area (Å²) in [6.45, 7) is 1.05.